The van der Waals surface area contributed by atoms with Crippen LogP contribution in [0.15, 0.2) is 83.6 Å². The van der Waals surface area contributed by atoms with Crippen LogP contribution < -0.4 is 5.32 Å². The molecule has 0 unspecified atom stereocenters. The molecule has 1 saturated heterocycles. The van der Waals surface area contributed by atoms with Crippen molar-refractivity contribution in [3.8, 4) is 5.69 Å². The van der Waals surface area contributed by atoms with Crippen molar-refractivity contribution in [3.05, 3.63) is 112 Å². The van der Waals surface area contributed by atoms with E-state index in [1.165, 1.54) is 17.0 Å². The number of rotatable bonds is 5. The van der Waals surface area contributed by atoms with E-state index in [9.17, 15) is 0 Å². The van der Waals surface area contributed by atoms with Gasteiger partial charge in [-0.3, -0.25) is 9.97 Å². The summed E-state index contributed by atoms with van der Waals surface area (Å²) in [6.07, 6.45) is 3.66. The molecule has 7 heteroatoms. The number of hydrogen-bond donors (Lipinski definition) is 1. The van der Waals surface area contributed by atoms with Gasteiger partial charge in [-0.2, -0.15) is 0 Å². The molecule has 0 aliphatic carbocycles. The van der Waals surface area contributed by atoms with Gasteiger partial charge in [-0.15, -0.1) is 0 Å². The minimum Gasteiger partial charge on any atom is -0.352 e. The second-order valence-electron chi connectivity index (χ2n) is 8.21. The molecular formula is C26H24BrN5S. The van der Waals surface area contributed by atoms with E-state index in [4.69, 9.17) is 12.2 Å². The fourth-order valence-corrected chi connectivity index (χ4v) is 5.22. The molecule has 0 amide bonds. The van der Waals surface area contributed by atoms with Crippen molar-refractivity contribution in [3.63, 3.8) is 0 Å². The van der Waals surface area contributed by atoms with Crippen molar-refractivity contribution >= 4 is 33.3 Å². The Bertz CT molecular complexity index is 1270. The van der Waals surface area contributed by atoms with Crippen LogP contribution in [-0.2, 0) is 6.54 Å². The second kappa shape index (κ2) is 9.08. The van der Waals surface area contributed by atoms with E-state index in [1.54, 1.807) is 0 Å². The summed E-state index contributed by atoms with van der Waals surface area (Å²) in [6, 6.07) is 22.6. The molecule has 0 bridgehead atoms. The van der Waals surface area contributed by atoms with Crippen molar-refractivity contribution in [1.82, 2.24) is 24.8 Å². The molecule has 1 N–H and O–H groups in total. The molecule has 166 valence electrons. The van der Waals surface area contributed by atoms with Gasteiger partial charge in [0.15, 0.2) is 5.11 Å². The predicted octanol–water partition coefficient (Wildman–Crippen LogP) is 5.82. The van der Waals surface area contributed by atoms with E-state index in [1.807, 2.05) is 42.7 Å². The van der Waals surface area contributed by atoms with Crippen LogP contribution in [0.1, 0.15) is 40.4 Å². The lowest BCUT2D eigenvalue weighted by Crippen LogP contribution is -2.29. The summed E-state index contributed by atoms with van der Waals surface area (Å²) in [5, 5.41) is 4.26. The monoisotopic (exact) mass is 517 g/mol. The molecule has 5 nitrogen and oxygen atoms in total. The SMILES string of the molecule is Cc1cc([C@H]2[C@@H](c3ccccn3)NC(=S)N2Cc2ccccn2)c(C)n1-c1ccc(Br)cc1. The molecule has 0 radical (unpaired) electrons. The molecule has 1 aliphatic heterocycles. The third-order valence-corrected chi connectivity index (χ3v) is 7.01. The molecule has 1 aromatic carbocycles. The third kappa shape index (κ3) is 4.18. The van der Waals surface area contributed by atoms with Crippen molar-refractivity contribution in [2.24, 2.45) is 0 Å². The smallest absolute Gasteiger partial charge is 0.170 e. The second-order valence-corrected chi connectivity index (χ2v) is 9.52. The number of thiocarbonyl (C=S) groups is 1. The first-order valence-electron chi connectivity index (χ1n) is 10.9. The molecule has 0 saturated carbocycles. The van der Waals surface area contributed by atoms with E-state index in [-0.39, 0.29) is 12.1 Å². The number of hydrogen-bond acceptors (Lipinski definition) is 3. The number of aryl methyl sites for hydroxylation is 1. The molecule has 5 rings (SSSR count). The van der Waals surface area contributed by atoms with Crippen LogP contribution in [0.4, 0.5) is 0 Å². The standard InChI is InChI=1S/C26H24BrN5S/c1-17-15-22(18(2)32(17)21-11-9-19(27)10-12-21)25-24(23-8-4-6-14-29-23)30-26(33)31(25)16-20-7-3-5-13-28-20/h3-15,24-25H,16H2,1-2H3,(H,30,33)/t24-,25+/m1/s1. The maximum Gasteiger partial charge on any atom is 0.170 e. The summed E-state index contributed by atoms with van der Waals surface area (Å²) in [4.78, 5) is 11.5. The normalized spacial score (nSPS) is 17.9. The lowest BCUT2D eigenvalue weighted by atomic mass is 9.96. The van der Waals surface area contributed by atoms with Gasteiger partial charge in [0.2, 0.25) is 0 Å². The number of nitrogens with zero attached hydrogens (tertiary/aromatic N) is 4. The summed E-state index contributed by atoms with van der Waals surface area (Å²) in [6.45, 7) is 4.96. The van der Waals surface area contributed by atoms with Crippen LogP contribution >= 0.6 is 28.1 Å². The Morgan fingerprint density at radius 1 is 0.970 bits per heavy atom. The Kier molecular flexibility index (Phi) is 6.00. The van der Waals surface area contributed by atoms with E-state index < -0.39 is 0 Å². The first-order chi connectivity index (χ1) is 16.0. The Hall–Kier alpha value is -3.03. The maximum atomic E-state index is 5.83. The summed E-state index contributed by atoms with van der Waals surface area (Å²) < 4.78 is 3.37. The molecule has 0 spiro atoms. The van der Waals surface area contributed by atoms with E-state index >= 15 is 0 Å². The average Bonchev–Trinajstić information content (AvgIpc) is 3.31. The van der Waals surface area contributed by atoms with Gasteiger partial charge in [0, 0.05) is 33.9 Å². The maximum absolute atomic E-state index is 5.83. The Morgan fingerprint density at radius 3 is 2.36 bits per heavy atom. The quantitative estimate of drug-likeness (QED) is 0.338. The van der Waals surface area contributed by atoms with Crippen LogP contribution in [0.3, 0.4) is 0 Å². The van der Waals surface area contributed by atoms with Crippen molar-refractivity contribution in [1.29, 1.82) is 0 Å². The number of aromatic nitrogens is 3. The van der Waals surface area contributed by atoms with Crippen LogP contribution in [-0.4, -0.2) is 24.5 Å². The van der Waals surface area contributed by atoms with Gasteiger partial charge in [-0.25, -0.2) is 0 Å². The molecule has 1 fully saturated rings. The molecule has 4 aromatic rings. The zero-order valence-corrected chi connectivity index (χ0v) is 20.8. The minimum absolute atomic E-state index is 0.00944. The van der Waals surface area contributed by atoms with Crippen LogP contribution in [0.2, 0.25) is 0 Å². The van der Waals surface area contributed by atoms with Gasteiger partial charge >= 0.3 is 0 Å². The van der Waals surface area contributed by atoms with Crippen molar-refractivity contribution in [2.45, 2.75) is 32.5 Å². The Morgan fingerprint density at radius 2 is 1.70 bits per heavy atom. The fourth-order valence-electron chi connectivity index (χ4n) is 4.66. The molecule has 33 heavy (non-hydrogen) atoms. The summed E-state index contributed by atoms with van der Waals surface area (Å²) >= 11 is 9.37. The average molecular weight is 518 g/mol. The van der Waals surface area contributed by atoms with E-state index in [0.717, 1.165) is 26.7 Å². The number of benzene rings is 1. The highest BCUT2D eigenvalue weighted by molar-refractivity contribution is 9.10. The van der Waals surface area contributed by atoms with Gasteiger partial charge < -0.3 is 14.8 Å². The van der Waals surface area contributed by atoms with Crippen LogP contribution in [0, 0.1) is 13.8 Å². The molecule has 3 aromatic heterocycles. The number of halogens is 1. The largest absolute Gasteiger partial charge is 0.352 e. The molecular weight excluding hydrogens is 494 g/mol. The molecule has 2 atom stereocenters. The highest BCUT2D eigenvalue weighted by Gasteiger charge is 2.41. The predicted molar refractivity (Wildman–Crippen MR) is 138 cm³/mol. The minimum atomic E-state index is -0.0544. The Balaban J connectivity index is 1.61. The van der Waals surface area contributed by atoms with Gasteiger partial charge in [0.05, 0.1) is 30.0 Å². The van der Waals surface area contributed by atoms with Crippen LogP contribution in [0.25, 0.3) is 5.69 Å². The zero-order valence-electron chi connectivity index (χ0n) is 18.4. The zero-order chi connectivity index (χ0) is 22.9. The topological polar surface area (TPSA) is 46.0 Å². The lowest BCUT2D eigenvalue weighted by Gasteiger charge is -2.28. The Labute approximate surface area is 207 Å². The first-order valence-corrected chi connectivity index (χ1v) is 12.1. The highest BCUT2D eigenvalue weighted by atomic mass is 79.9. The molecule has 1 aliphatic rings. The fraction of sp³-hybridized carbons (Fsp3) is 0.192. The number of pyridine rings is 2. The number of nitrogens with one attached hydrogen (secondary N) is 1. The van der Waals surface area contributed by atoms with Crippen LogP contribution in [0.5, 0.6) is 0 Å². The van der Waals surface area contributed by atoms with Gasteiger partial charge in [0.25, 0.3) is 0 Å². The van der Waals surface area contributed by atoms with Gasteiger partial charge in [-0.1, -0.05) is 28.1 Å². The van der Waals surface area contributed by atoms with Gasteiger partial charge in [-0.05, 0) is 86.2 Å². The lowest BCUT2D eigenvalue weighted by molar-refractivity contribution is 0.307. The van der Waals surface area contributed by atoms with Crippen molar-refractivity contribution in [2.75, 3.05) is 0 Å². The van der Waals surface area contributed by atoms with E-state index in [0.29, 0.717) is 6.54 Å². The van der Waals surface area contributed by atoms with Gasteiger partial charge in [0.1, 0.15) is 0 Å². The highest BCUT2D eigenvalue weighted by Crippen LogP contribution is 2.42. The van der Waals surface area contributed by atoms with Crippen molar-refractivity contribution < 1.29 is 0 Å². The summed E-state index contributed by atoms with van der Waals surface area (Å²) in [5.41, 5.74) is 6.70. The first kappa shape index (κ1) is 21.8. The summed E-state index contributed by atoms with van der Waals surface area (Å²) in [5.74, 6) is 0. The molecule has 4 heterocycles. The third-order valence-electron chi connectivity index (χ3n) is 6.13. The van der Waals surface area contributed by atoms with E-state index in [2.05, 4.69) is 90.9 Å². The summed E-state index contributed by atoms with van der Waals surface area (Å²) in [7, 11) is 0.